The Kier molecular flexibility index (Phi) is 9.62. The molecular formula is C31H45NO. The first kappa shape index (κ1) is 25.6. The third-order valence-corrected chi connectivity index (χ3v) is 7.59. The van der Waals surface area contributed by atoms with Crippen molar-refractivity contribution in [2.75, 3.05) is 0 Å². The average Bonchev–Trinajstić information content (AvgIpc) is 2.82. The van der Waals surface area contributed by atoms with Crippen molar-refractivity contribution in [1.29, 1.82) is 0 Å². The summed E-state index contributed by atoms with van der Waals surface area (Å²) in [5.74, 6) is 2.07. The van der Waals surface area contributed by atoms with E-state index < -0.39 is 0 Å². The van der Waals surface area contributed by atoms with Crippen LogP contribution in [0.3, 0.4) is 0 Å². The molecule has 2 nitrogen and oxygen atoms in total. The Morgan fingerprint density at radius 2 is 1.85 bits per heavy atom. The Labute approximate surface area is 202 Å². The van der Waals surface area contributed by atoms with Gasteiger partial charge in [0.05, 0.1) is 0 Å². The van der Waals surface area contributed by atoms with Crippen molar-refractivity contribution >= 4 is 0 Å². The van der Waals surface area contributed by atoms with Crippen LogP contribution in [0.4, 0.5) is 0 Å². The van der Waals surface area contributed by atoms with E-state index in [-0.39, 0.29) is 11.5 Å². The van der Waals surface area contributed by atoms with Crippen LogP contribution >= 0.6 is 0 Å². The third-order valence-electron chi connectivity index (χ3n) is 7.59. The van der Waals surface area contributed by atoms with Gasteiger partial charge in [-0.1, -0.05) is 95.0 Å². The minimum Gasteiger partial charge on any atom is -0.489 e. The predicted molar refractivity (Wildman–Crippen MR) is 142 cm³/mol. The van der Waals surface area contributed by atoms with Crippen LogP contribution in [0.15, 0.2) is 61.2 Å². The lowest BCUT2D eigenvalue weighted by molar-refractivity contribution is 0.261. The summed E-state index contributed by atoms with van der Waals surface area (Å²) in [4.78, 5) is 0. The molecule has 1 aliphatic rings. The van der Waals surface area contributed by atoms with Gasteiger partial charge in [-0.05, 0) is 72.1 Å². The highest BCUT2D eigenvalue weighted by molar-refractivity contribution is 5.43. The van der Waals surface area contributed by atoms with E-state index in [9.17, 15) is 0 Å². The Balaban J connectivity index is 1.89. The first-order valence-corrected chi connectivity index (χ1v) is 13.1. The van der Waals surface area contributed by atoms with Gasteiger partial charge in [-0.2, -0.15) is 0 Å². The van der Waals surface area contributed by atoms with E-state index in [1.54, 1.807) is 0 Å². The molecule has 0 bridgehead atoms. The van der Waals surface area contributed by atoms with Gasteiger partial charge in [0.15, 0.2) is 0 Å². The standard InChI is InChI=1S/C31H45NO/c1-5-7-8-12-20-31(3,4)26-17-19-28(29-22-27(32)18-16-25(29)13-6-2)30(21-26)33-23-24-14-10-9-11-15-24/h6,9-11,14-15,17,19,21,25,27,29H,2,5,7-8,12-13,16,18,20,22-23,32H2,1,3-4H3. The molecule has 2 N–H and O–H groups in total. The molecule has 3 unspecified atom stereocenters. The fourth-order valence-electron chi connectivity index (χ4n) is 5.40. The molecule has 0 aliphatic heterocycles. The van der Waals surface area contributed by atoms with Gasteiger partial charge in [0.25, 0.3) is 0 Å². The SMILES string of the molecule is C=CCC1CCC(N)CC1c1ccc(C(C)(C)CCCCCC)cc1OCc1ccccc1. The van der Waals surface area contributed by atoms with Gasteiger partial charge in [0.2, 0.25) is 0 Å². The molecule has 0 amide bonds. The number of ether oxygens (including phenoxy) is 1. The van der Waals surface area contributed by atoms with Crippen molar-refractivity contribution in [3.8, 4) is 5.75 Å². The number of nitrogens with two attached hydrogens (primary N) is 1. The van der Waals surface area contributed by atoms with E-state index >= 15 is 0 Å². The topological polar surface area (TPSA) is 35.2 Å². The molecule has 1 aliphatic carbocycles. The third kappa shape index (κ3) is 7.21. The Morgan fingerprint density at radius 1 is 1.06 bits per heavy atom. The minimum absolute atomic E-state index is 0.139. The average molecular weight is 448 g/mol. The molecule has 0 aromatic heterocycles. The summed E-state index contributed by atoms with van der Waals surface area (Å²) >= 11 is 0. The van der Waals surface area contributed by atoms with E-state index in [0.29, 0.717) is 18.4 Å². The zero-order valence-corrected chi connectivity index (χ0v) is 21.2. The largest absolute Gasteiger partial charge is 0.489 e. The molecule has 33 heavy (non-hydrogen) atoms. The van der Waals surface area contributed by atoms with Crippen molar-refractivity contribution in [2.24, 2.45) is 11.7 Å². The quantitative estimate of drug-likeness (QED) is 0.262. The molecular weight excluding hydrogens is 402 g/mol. The van der Waals surface area contributed by atoms with Crippen molar-refractivity contribution in [3.05, 3.63) is 77.9 Å². The second-order valence-corrected chi connectivity index (χ2v) is 10.7. The summed E-state index contributed by atoms with van der Waals surface area (Å²) < 4.78 is 6.55. The highest BCUT2D eigenvalue weighted by Gasteiger charge is 2.32. The molecule has 1 fully saturated rings. The van der Waals surface area contributed by atoms with Gasteiger partial charge in [-0.3, -0.25) is 0 Å². The summed E-state index contributed by atoms with van der Waals surface area (Å²) in [6.07, 6.45) is 12.8. The molecule has 0 spiro atoms. The molecule has 1 saturated carbocycles. The van der Waals surface area contributed by atoms with Crippen LogP contribution in [-0.4, -0.2) is 6.04 Å². The van der Waals surface area contributed by atoms with Crippen LogP contribution in [0, 0.1) is 5.92 Å². The molecule has 2 aromatic carbocycles. The van der Waals surface area contributed by atoms with Crippen LogP contribution in [0.5, 0.6) is 5.75 Å². The molecule has 0 radical (unpaired) electrons. The number of benzene rings is 2. The maximum Gasteiger partial charge on any atom is 0.123 e. The summed E-state index contributed by atoms with van der Waals surface area (Å²) in [6.45, 7) is 11.7. The number of hydrogen-bond donors (Lipinski definition) is 1. The van der Waals surface area contributed by atoms with Gasteiger partial charge >= 0.3 is 0 Å². The van der Waals surface area contributed by atoms with Crippen LogP contribution < -0.4 is 10.5 Å². The van der Waals surface area contributed by atoms with Crippen LogP contribution in [0.2, 0.25) is 0 Å². The Morgan fingerprint density at radius 3 is 2.58 bits per heavy atom. The fraction of sp³-hybridized carbons (Fsp3) is 0.548. The number of hydrogen-bond acceptors (Lipinski definition) is 2. The normalized spacial score (nSPS) is 21.0. The Hall–Kier alpha value is -2.06. The lowest BCUT2D eigenvalue weighted by Crippen LogP contribution is -2.32. The zero-order valence-electron chi connectivity index (χ0n) is 21.2. The molecule has 0 saturated heterocycles. The molecule has 2 heteroatoms. The predicted octanol–water partition coefficient (Wildman–Crippen LogP) is 8.30. The monoisotopic (exact) mass is 447 g/mol. The second kappa shape index (κ2) is 12.4. The van der Waals surface area contributed by atoms with Crippen molar-refractivity contribution in [1.82, 2.24) is 0 Å². The van der Waals surface area contributed by atoms with Crippen molar-refractivity contribution in [3.63, 3.8) is 0 Å². The summed E-state index contributed by atoms with van der Waals surface area (Å²) in [5.41, 5.74) is 10.5. The first-order chi connectivity index (χ1) is 15.9. The zero-order chi connectivity index (χ0) is 23.7. The van der Waals surface area contributed by atoms with E-state index in [1.165, 1.54) is 55.2 Å². The Bertz CT molecular complexity index is 856. The minimum atomic E-state index is 0.139. The lowest BCUT2D eigenvalue weighted by atomic mass is 9.71. The number of allylic oxidation sites excluding steroid dienone is 1. The van der Waals surface area contributed by atoms with E-state index in [4.69, 9.17) is 10.5 Å². The van der Waals surface area contributed by atoms with E-state index in [1.807, 2.05) is 0 Å². The fourth-order valence-corrected chi connectivity index (χ4v) is 5.40. The van der Waals surface area contributed by atoms with Crippen molar-refractivity contribution in [2.45, 2.75) is 103 Å². The van der Waals surface area contributed by atoms with Gasteiger partial charge in [0.1, 0.15) is 12.4 Å². The van der Waals surface area contributed by atoms with E-state index in [2.05, 4.69) is 82.0 Å². The highest BCUT2D eigenvalue weighted by atomic mass is 16.5. The maximum atomic E-state index is 6.55. The summed E-state index contributed by atoms with van der Waals surface area (Å²) in [6, 6.07) is 17.8. The highest BCUT2D eigenvalue weighted by Crippen LogP contribution is 2.44. The molecule has 0 heterocycles. The summed E-state index contributed by atoms with van der Waals surface area (Å²) in [5, 5.41) is 0. The maximum absolute atomic E-state index is 6.55. The van der Waals surface area contributed by atoms with Gasteiger partial charge in [0, 0.05) is 6.04 Å². The van der Waals surface area contributed by atoms with E-state index in [0.717, 1.165) is 25.0 Å². The number of rotatable bonds is 12. The molecule has 3 atom stereocenters. The second-order valence-electron chi connectivity index (χ2n) is 10.7. The molecule has 2 aromatic rings. The van der Waals surface area contributed by atoms with Crippen LogP contribution in [0.25, 0.3) is 0 Å². The van der Waals surface area contributed by atoms with Gasteiger partial charge in [-0.25, -0.2) is 0 Å². The smallest absolute Gasteiger partial charge is 0.123 e. The summed E-state index contributed by atoms with van der Waals surface area (Å²) in [7, 11) is 0. The first-order valence-electron chi connectivity index (χ1n) is 13.1. The van der Waals surface area contributed by atoms with Crippen LogP contribution in [0.1, 0.15) is 101 Å². The molecule has 3 rings (SSSR count). The lowest BCUT2D eigenvalue weighted by Gasteiger charge is -2.36. The molecule has 180 valence electrons. The van der Waals surface area contributed by atoms with Gasteiger partial charge in [-0.15, -0.1) is 6.58 Å². The van der Waals surface area contributed by atoms with Crippen LogP contribution in [-0.2, 0) is 12.0 Å². The number of unbranched alkanes of at least 4 members (excludes halogenated alkanes) is 3. The van der Waals surface area contributed by atoms with Crippen molar-refractivity contribution < 1.29 is 4.74 Å². The van der Waals surface area contributed by atoms with Gasteiger partial charge < -0.3 is 10.5 Å².